The van der Waals surface area contributed by atoms with Crippen LogP contribution in [0.3, 0.4) is 0 Å². The summed E-state index contributed by atoms with van der Waals surface area (Å²) in [6.45, 7) is 6.11. The maximum absolute atomic E-state index is 12.1. The Kier molecular flexibility index (Phi) is 7.44. The molecule has 2 aromatic rings. The van der Waals surface area contributed by atoms with Crippen molar-refractivity contribution in [2.75, 3.05) is 25.0 Å². The number of amides is 1. The first-order chi connectivity index (χ1) is 14.1. The number of aryl methyl sites for hydroxylation is 1. The van der Waals surface area contributed by atoms with Gasteiger partial charge in [-0.1, -0.05) is 12.1 Å². The third-order valence-corrected chi connectivity index (χ3v) is 4.51. The van der Waals surface area contributed by atoms with Gasteiger partial charge >= 0.3 is 0 Å². The van der Waals surface area contributed by atoms with Gasteiger partial charge in [0.15, 0.2) is 5.96 Å². The molecule has 0 saturated heterocycles. The molecule has 0 radical (unpaired) electrons. The van der Waals surface area contributed by atoms with Crippen molar-refractivity contribution >= 4 is 17.6 Å². The van der Waals surface area contributed by atoms with Crippen molar-refractivity contribution in [1.29, 1.82) is 0 Å². The molecule has 1 aliphatic carbocycles. The van der Waals surface area contributed by atoms with Gasteiger partial charge in [0.05, 0.1) is 31.6 Å². The molecular weight excluding hydrogens is 366 g/mol. The third-order valence-electron chi connectivity index (χ3n) is 4.51. The minimum atomic E-state index is -0.160. The first kappa shape index (κ1) is 20.6. The van der Waals surface area contributed by atoms with Gasteiger partial charge in [-0.15, -0.1) is 0 Å². The van der Waals surface area contributed by atoms with Gasteiger partial charge in [-0.2, -0.15) is 0 Å². The lowest BCUT2D eigenvalue weighted by molar-refractivity contribution is -0.115. The summed E-state index contributed by atoms with van der Waals surface area (Å²) in [6, 6.07) is 9.76. The number of carbonyl (C=O) groups is 1. The van der Waals surface area contributed by atoms with Crippen LogP contribution in [-0.2, 0) is 11.3 Å². The van der Waals surface area contributed by atoms with Crippen molar-refractivity contribution in [3.63, 3.8) is 0 Å². The minimum Gasteiger partial charge on any atom is -0.493 e. The monoisotopic (exact) mass is 395 g/mol. The van der Waals surface area contributed by atoms with Gasteiger partial charge in [0.2, 0.25) is 5.91 Å². The van der Waals surface area contributed by atoms with E-state index in [0.717, 1.165) is 17.9 Å². The molecule has 0 aliphatic heterocycles. The molecular formula is C22H29N5O2. The average molecular weight is 396 g/mol. The highest BCUT2D eigenvalue weighted by Crippen LogP contribution is 2.30. The number of hydrogen-bond donors (Lipinski definition) is 3. The summed E-state index contributed by atoms with van der Waals surface area (Å²) >= 11 is 0. The molecule has 3 N–H and O–H groups in total. The zero-order valence-electron chi connectivity index (χ0n) is 17.1. The minimum absolute atomic E-state index is 0.111. The molecule has 3 rings (SSSR count). The topological polar surface area (TPSA) is 87.6 Å². The van der Waals surface area contributed by atoms with Crippen molar-refractivity contribution in [3.05, 3.63) is 53.9 Å². The fourth-order valence-electron chi connectivity index (χ4n) is 2.73. The smallest absolute Gasteiger partial charge is 0.243 e. The molecule has 1 aromatic carbocycles. The van der Waals surface area contributed by atoms with E-state index in [9.17, 15) is 4.79 Å². The van der Waals surface area contributed by atoms with Gasteiger partial charge in [0.1, 0.15) is 5.75 Å². The third kappa shape index (κ3) is 7.10. The molecule has 1 saturated carbocycles. The van der Waals surface area contributed by atoms with E-state index in [1.807, 2.05) is 6.92 Å². The van der Waals surface area contributed by atoms with E-state index in [2.05, 4.69) is 51.0 Å². The molecule has 7 heteroatoms. The number of rotatable bonds is 9. The Labute approximate surface area is 172 Å². The number of ether oxygens (including phenoxy) is 1. The Balaban J connectivity index is 1.57. The van der Waals surface area contributed by atoms with Crippen LogP contribution in [0, 0.1) is 12.8 Å². The number of pyridine rings is 1. The molecule has 0 bridgehead atoms. The maximum atomic E-state index is 12.1. The lowest BCUT2D eigenvalue weighted by atomic mass is 10.1. The van der Waals surface area contributed by atoms with Gasteiger partial charge in [0.25, 0.3) is 0 Å². The van der Waals surface area contributed by atoms with Crippen molar-refractivity contribution in [2.24, 2.45) is 10.9 Å². The number of nitrogens with one attached hydrogen (secondary N) is 3. The molecule has 1 amide bonds. The van der Waals surface area contributed by atoms with Crippen LogP contribution < -0.4 is 20.7 Å². The van der Waals surface area contributed by atoms with Gasteiger partial charge in [-0.3, -0.25) is 9.78 Å². The van der Waals surface area contributed by atoms with E-state index in [0.29, 0.717) is 30.7 Å². The Morgan fingerprint density at radius 3 is 2.86 bits per heavy atom. The van der Waals surface area contributed by atoms with Crippen molar-refractivity contribution < 1.29 is 9.53 Å². The van der Waals surface area contributed by atoms with Crippen LogP contribution in [0.2, 0.25) is 0 Å². The Hall–Kier alpha value is -3.09. The fraction of sp³-hybridized carbons (Fsp3) is 0.409. The predicted molar refractivity (Wildman–Crippen MR) is 115 cm³/mol. The molecule has 154 valence electrons. The van der Waals surface area contributed by atoms with E-state index in [-0.39, 0.29) is 12.5 Å². The highest BCUT2D eigenvalue weighted by molar-refractivity contribution is 5.94. The van der Waals surface area contributed by atoms with Gasteiger partial charge in [-0.05, 0) is 56.4 Å². The summed E-state index contributed by atoms with van der Waals surface area (Å²) in [5.41, 5.74) is 2.87. The highest BCUT2D eigenvalue weighted by atomic mass is 16.5. The Bertz CT molecular complexity index is 834. The van der Waals surface area contributed by atoms with Crippen LogP contribution in [-0.4, -0.2) is 36.5 Å². The number of guanidine groups is 1. The summed E-state index contributed by atoms with van der Waals surface area (Å²) in [5, 5.41) is 9.03. The zero-order chi connectivity index (χ0) is 20.5. The van der Waals surface area contributed by atoms with Crippen LogP contribution in [0.15, 0.2) is 47.7 Å². The van der Waals surface area contributed by atoms with Gasteiger partial charge in [0, 0.05) is 18.3 Å². The molecule has 1 fully saturated rings. The number of nitrogens with zero attached hydrogens (tertiary/aromatic N) is 2. The van der Waals surface area contributed by atoms with E-state index in [1.165, 1.54) is 18.4 Å². The van der Waals surface area contributed by atoms with Crippen molar-refractivity contribution in [1.82, 2.24) is 15.6 Å². The van der Waals surface area contributed by atoms with Crippen molar-refractivity contribution in [3.8, 4) is 5.75 Å². The number of aliphatic imine (C=N–C) groups is 1. The van der Waals surface area contributed by atoms with Crippen LogP contribution >= 0.6 is 0 Å². The average Bonchev–Trinajstić information content (AvgIpc) is 3.55. The van der Waals surface area contributed by atoms with E-state index in [4.69, 9.17) is 4.74 Å². The standard InChI is InChI=1S/C22H29N5O2/c1-3-24-22(26-14-21(28)27-19-5-4-10-23-13-19)25-12-18-9-6-16(2)11-20(18)29-15-17-7-8-17/h4-6,9-11,13,17H,3,7-8,12,14-15H2,1-2H3,(H,27,28)(H2,24,25,26). The molecule has 0 spiro atoms. The van der Waals surface area contributed by atoms with Crippen LogP contribution in [0.4, 0.5) is 5.69 Å². The zero-order valence-corrected chi connectivity index (χ0v) is 17.1. The molecule has 1 aliphatic rings. The highest BCUT2D eigenvalue weighted by Gasteiger charge is 2.22. The second-order valence-electron chi connectivity index (χ2n) is 7.20. The molecule has 7 nitrogen and oxygen atoms in total. The number of anilines is 1. The second-order valence-corrected chi connectivity index (χ2v) is 7.20. The largest absolute Gasteiger partial charge is 0.493 e. The maximum Gasteiger partial charge on any atom is 0.243 e. The number of aromatic nitrogens is 1. The predicted octanol–water partition coefficient (Wildman–Crippen LogP) is 2.87. The lowest BCUT2D eigenvalue weighted by Crippen LogP contribution is -2.41. The van der Waals surface area contributed by atoms with Gasteiger partial charge in [-0.25, -0.2) is 4.99 Å². The summed E-state index contributed by atoms with van der Waals surface area (Å²) in [6.07, 6.45) is 5.79. The Morgan fingerprint density at radius 2 is 2.14 bits per heavy atom. The summed E-state index contributed by atoms with van der Waals surface area (Å²) in [5.74, 6) is 2.02. The van der Waals surface area contributed by atoms with Crippen molar-refractivity contribution in [2.45, 2.75) is 33.2 Å². The van der Waals surface area contributed by atoms with Crippen LogP contribution in [0.25, 0.3) is 0 Å². The molecule has 0 unspecified atom stereocenters. The first-order valence-corrected chi connectivity index (χ1v) is 10.1. The van der Waals surface area contributed by atoms with Gasteiger partial charge < -0.3 is 20.7 Å². The lowest BCUT2D eigenvalue weighted by Gasteiger charge is -2.13. The SMILES string of the molecule is CCNC(=NCc1ccc(C)cc1OCC1CC1)NCC(=O)Nc1cccnc1. The first-order valence-electron chi connectivity index (χ1n) is 10.1. The number of carbonyl (C=O) groups excluding carboxylic acids is 1. The summed E-state index contributed by atoms with van der Waals surface area (Å²) < 4.78 is 6.02. The normalized spacial score (nSPS) is 13.7. The molecule has 1 heterocycles. The van der Waals surface area contributed by atoms with Crippen LogP contribution in [0.5, 0.6) is 5.75 Å². The molecule has 29 heavy (non-hydrogen) atoms. The number of hydrogen-bond acceptors (Lipinski definition) is 4. The van der Waals surface area contributed by atoms with E-state index < -0.39 is 0 Å². The Morgan fingerprint density at radius 1 is 1.28 bits per heavy atom. The quantitative estimate of drug-likeness (QED) is 0.449. The van der Waals surface area contributed by atoms with Crippen LogP contribution in [0.1, 0.15) is 30.9 Å². The van der Waals surface area contributed by atoms with E-state index >= 15 is 0 Å². The molecule has 1 aromatic heterocycles. The second kappa shape index (κ2) is 10.5. The van der Waals surface area contributed by atoms with E-state index in [1.54, 1.807) is 24.5 Å². The fourth-order valence-corrected chi connectivity index (χ4v) is 2.73. The molecule has 0 atom stereocenters. The summed E-state index contributed by atoms with van der Waals surface area (Å²) in [4.78, 5) is 20.7. The summed E-state index contributed by atoms with van der Waals surface area (Å²) in [7, 11) is 0. The number of benzene rings is 1.